The average molecular weight is 550 g/mol. The number of benzene rings is 2. The van der Waals surface area contributed by atoms with Crippen molar-refractivity contribution in [3.63, 3.8) is 0 Å². The van der Waals surface area contributed by atoms with Gasteiger partial charge in [-0.25, -0.2) is 9.78 Å². The summed E-state index contributed by atoms with van der Waals surface area (Å²) in [5.41, 5.74) is -0.437. The predicted octanol–water partition coefficient (Wildman–Crippen LogP) is 6.02. The summed E-state index contributed by atoms with van der Waals surface area (Å²) in [5, 5.41) is 3.67. The van der Waals surface area contributed by atoms with Crippen molar-refractivity contribution in [2.24, 2.45) is 0 Å². The zero-order valence-electron chi connectivity index (χ0n) is 18.2. The van der Waals surface area contributed by atoms with E-state index in [0.717, 1.165) is 24.3 Å². The zero-order chi connectivity index (χ0) is 26.8. The molecule has 0 saturated carbocycles. The van der Waals surface area contributed by atoms with E-state index < -0.39 is 36.9 Å². The van der Waals surface area contributed by atoms with Gasteiger partial charge in [0.2, 0.25) is 5.89 Å². The molecule has 0 aliphatic carbocycles. The number of oxazole rings is 1. The van der Waals surface area contributed by atoms with Crippen molar-refractivity contribution < 1.29 is 44.8 Å². The summed E-state index contributed by atoms with van der Waals surface area (Å²) < 4.78 is 96.3. The first-order chi connectivity index (χ1) is 17.4. The number of rotatable bonds is 8. The van der Waals surface area contributed by atoms with Crippen LogP contribution in [0.15, 0.2) is 56.2 Å². The van der Waals surface area contributed by atoms with Crippen molar-refractivity contribution in [1.29, 1.82) is 0 Å². The van der Waals surface area contributed by atoms with Gasteiger partial charge in [0.15, 0.2) is 11.6 Å². The third-order valence-electron chi connectivity index (χ3n) is 4.75. The lowest BCUT2D eigenvalue weighted by Gasteiger charge is -2.09. The van der Waals surface area contributed by atoms with Crippen molar-refractivity contribution in [2.75, 3.05) is 6.61 Å². The van der Waals surface area contributed by atoms with Crippen molar-refractivity contribution in [3.8, 4) is 28.6 Å². The monoisotopic (exact) mass is 549 g/mol. The first-order valence-electron chi connectivity index (χ1n) is 10.2. The third-order valence-corrected chi connectivity index (χ3v) is 5.06. The Morgan fingerprint density at radius 2 is 1.73 bits per heavy atom. The van der Waals surface area contributed by atoms with E-state index in [1.165, 1.54) is 18.2 Å². The molecule has 0 saturated heterocycles. The van der Waals surface area contributed by atoms with Gasteiger partial charge >= 0.3 is 18.1 Å². The van der Waals surface area contributed by atoms with Crippen LogP contribution in [0.5, 0.6) is 5.75 Å². The smallest absolute Gasteiger partial charge is 0.439 e. The lowest BCUT2D eigenvalue weighted by molar-refractivity contribution is -0.176. The Morgan fingerprint density at radius 3 is 2.32 bits per heavy atom. The van der Waals surface area contributed by atoms with Gasteiger partial charge in [-0.3, -0.25) is 9.51 Å². The maximum atomic E-state index is 12.8. The fraction of sp³-hybridized carbons (Fsp3) is 0.227. The van der Waals surface area contributed by atoms with Gasteiger partial charge in [0.05, 0.1) is 17.2 Å². The van der Waals surface area contributed by atoms with Gasteiger partial charge in [-0.1, -0.05) is 16.8 Å². The van der Waals surface area contributed by atoms with Crippen molar-refractivity contribution >= 4 is 11.6 Å². The van der Waals surface area contributed by atoms with Gasteiger partial charge in [-0.2, -0.15) is 26.3 Å². The predicted molar refractivity (Wildman–Crippen MR) is 115 cm³/mol. The molecule has 15 heteroatoms. The quantitative estimate of drug-likeness (QED) is 0.268. The minimum atomic E-state index is -4.58. The molecule has 2 aromatic heterocycles. The molecule has 0 unspecified atom stereocenters. The highest BCUT2D eigenvalue weighted by atomic mass is 35.5. The highest BCUT2D eigenvalue weighted by Gasteiger charge is 2.30. The van der Waals surface area contributed by atoms with E-state index in [0.29, 0.717) is 5.56 Å². The Kier molecular flexibility index (Phi) is 7.32. The second-order valence-corrected chi connectivity index (χ2v) is 7.85. The molecule has 0 amide bonds. The summed E-state index contributed by atoms with van der Waals surface area (Å²) in [6.07, 6.45) is -9.13. The van der Waals surface area contributed by atoms with Crippen LogP contribution >= 0.6 is 11.6 Å². The molecule has 0 bridgehead atoms. The molecule has 0 aliphatic heterocycles. The number of aromatic amines is 1. The minimum absolute atomic E-state index is 0.0156. The molecule has 4 aromatic rings. The molecule has 196 valence electrons. The summed E-state index contributed by atoms with van der Waals surface area (Å²) in [5.74, 6) is -0.628. The van der Waals surface area contributed by atoms with Gasteiger partial charge in [0.25, 0.3) is 0 Å². The van der Waals surface area contributed by atoms with Crippen molar-refractivity contribution in [2.45, 2.75) is 25.6 Å². The van der Waals surface area contributed by atoms with Crippen molar-refractivity contribution in [3.05, 3.63) is 75.1 Å². The maximum Gasteiger partial charge on any atom is 0.439 e. The van der Waals surface area contributed by atoms with Gasteiger partial charge in [-0.05, 0) is 42.5 Å². The SMILES string of the molecule is O=c1[nH]c(-c2ccc(OCc3oc(-c4ccc(C(F)(F)F)cc4)nc3COCC(F)(F)F)cc2Cl)no1. The molecule has 8 nitrogen and oxygen atoms in total. The van der Waals surface area contributed by atoms with E-state index in [2.05, 4.69) is 24.4 Å². The second-order valence-electron chi connectivity index (χ2n) is 7.45. The molecular formula is C22H14ClF6N3O5. The maximum absolute atomic E-state index is 12.8. The number of H-pyrrole nitrogens is 1. The van der Waals surface area contributed by atoms with Crippen molar-refractivity contribution in [1.82, 2.24) is 15.1 Å². The van der Waals surface area contributed by atoms with Crippen LogP contribution in [0.1, 0.15) is 17.0 Å². The molecule has 37 heavy (non-hydrogen) atoms. The van der Waals surface area contributed by atoms with Crippen LogP contribution in [-0.4, -0.2) is 27.9 Å². The van der Waals surface area contributed by atoms with E-state index >= 15 is 0 Å². The number of aromatic nitrogens is 3. The Morgan fingerprint density at radius 1 is 1.00 bits per heavy atom. The summed E-state index contributed by atoms with van der Waals surface area (Å²) in [7, 11) is 0. The zero-order valence-corrected chi connectivity index (χ0v) is 19.0. The number of hydrogen-bond donors (Lipinski definition) is 1. The van der Waals surface area contributed by atoms with Crippen LogP contribution in [0.4, 0.5) is 26.3 Å². The molecule has 4 rings (SSSR count). The molecule has 0 spiro atoms. The molecule has 2 aromatic carbocycles. The lowest BCUT2D eigenvalue weighted by atomic mass is 10.1. The normalized spacial score (nSPS) is 12.2. The second kappa shape index (κ2) is 10.3. The van der Waals surface area contributed by atoms with Crippen LogP contribution in [0.25, 0.3) is 22.8 Å². The molecule has 0 atom stereocenters. The average Bonchev–Trinajstić information content (AvgIpc) is 3.42. The van der Waals surface area contributed by atoms with E-state index in [9.17, 15) is 31.1 Å². The number of ether oxygens (including phenoxy) is 2. The number of nitrogens with zero attached hydrogens (tertiary/aromatic N) is 2. The van der Waals surface area contributed by atoms with E-state index in [1.54, 1.807) is 0 Å². The highest BCUT2D eigenvalue weighted by Crippen LogP contribution is 2.32. The summed E-state index contributed by atoms with van der Waals surface area (Å²) in [6.45, 7) is -2.46. The largest absolute Gasteiger partial charge is 0.486 e. The van der Waals surface area contributed by atoms with Gasteiger partial charge in [-0.15, -0.1) is 0 Å². The van der Waals surface area contributed by atoms with Gasteiger partial charge in [0.1, 0.15) is 24.7 Å². The molecule has 1 N–H and O–H groups in total. The van der Waals surface area contributed by atoms with E-state index in [-0.39, 0.29) is 46.1 Å². The topological polar surface area (TPSA) is 103 Å². The Bertz CT molecular complexity index is 1430. The van der Waals surface area contributed by atoms with Crippen LogP contribution in [0.3, 0.4) is 0 Å². The lowest BCUT2D eigenvalue weighted by Crippen LogP contribution is -2.17. The first-order valence-corrected chi connectivity index (χ1v) is 10.6. The van der Waals surface area contributed by atoms with Gasteiger partial charge in [0, 0.05) is 11.1 Å². The standard InChI is InChI=1S/C22H14ClF6N3O5/c23-15-7-13(5-6-14(15)18-31-20(33)37-32-18)35-9-17-16(8-34-10-21(24,25)26)30-19(36-17)11-1-3-12(4-2-11)22(27,28)29/h1-7H,8-10H2,(H,31,32,33). The molecule has 0 radical (unpaired) electrons. The molecule has 0 aliphatic rings. The Balaban J connectivity index is 1.54. The van der Waals surface area contributed by atoms with E-state index in [4.69, 9.17) is 20.8 Å². The summed E-state index contributed by atoms with van der Waals surface area (Å²) >= 11 is 6.20. The molecule has 2 heterocycles. The summed E-state index contributed by atoms with van der Waals surface area (Å²) in [4.78, 5) is 17.6. The van der Waals surface area contributed by atoms with Gasteiger partial charge < -0.3 is 13.9 Å². The van der Waals surface area contributed by atoms with Crippen LogP contribution in [0.2, 0.25) is 5.02 Å². The number of nitrogens with one attached hydrogen (secondary N) is 1. The van der Waals surface area contributed by atoms with Crippen LogP contribution in [0, 0.1) is 0 Å². The summed E-state index contributed by atoms with van der Waals surface area (Å²) in [6, 6.07) is 8.21. The third kappa shape index (κ3) is 6.71. The first kappa shape index (κ1) is 26.3. The molecule has 0 fully saturated rings. The molecular weight excluding hydrogens is 536 g/mol. The Labute approximate surface area is 207 Å². The fourth-order valence-corrected chi connectivity index (χ4v) is 3.33. The number of halogens is 7. The van der Waals surface area contributed by atoms with E-state index in [1.807, 2.05) is 0 Å². The fourth-order valence-electron chi connectivity index (χ4n) is 3.07. The minimum Gasteiger partial charge on any atom is -0.486 e. The highest BCUT2D eigenvalue weighted by molar-refractivity contribution is 6.33. The van der Waals surface area contributed by atoms with Crippen LogP contribution in [-0.2, 0) is 24.1 Å². The Hall–Kier alpha value is -3.78. The number of hydrogen-bond acceptors (Lipinski definition) is 7. The van der Waals surface area contributed by atoms with Crippen LogP contribution < -0.4 is 10.5 Å². The number of alkyl halides is 6.